The molecular weight excluding hydrogens is 510 g/mol. The van der Waals surface area contributed by atoms with Crippen LogP contribution in [0.4, 0.5) is 14.7 Å². The summed E-state index contributed by atoms with van der Waals surface area (Å²) in [6.07, 6.45) is 1.23. The summed E-state index contributed by atoms with van der Waals surface area (Å²) in [6.45, 7) is 5.22. The zero-order valence-corrected chi connectivity index (χ0v) is 21.6. The highest BCUT2D eigenvalue weighted by Gasteiger charge is 2.35. The van der Waals surface area contributed by atoms with Gasteiger partial charge in [0.25, 0.3) is 0 Å². The SMILES string of the molecule is C[C@@H]1COc2c(-c3nc(N[C@@H]4CCN(S(C)(=O)=O)C[C@H]4O)ncc3F)cc(F)c3nc(C(C)(C)O)n1c23. The number of β-amino-alcohol motifs (C(OH)–C–C–N with tert-alkyl or cyclic N) is 1. The van der Waals surface area contributed by atoms with Crippen LogP contribution in [-0.2, 0) is 15.6 Å². The van der Waals surface area contributed by atoms with Gasteiger partial charge in [0.05, 0.1) is 36.2 Å². The smallest absolute Gasteiger partial charge is 0.223 e. The van der Waals surface area contributed by atoms with E-state index in [2.05, 4.69) is 20.3 Å². The summed E-state index contributed by atoms with van der Waals surface area (Å²) in [4.78, 5) is 12.5. The van der Waals surface area contributed by atoms with Gasteiger partial charge in [0.1, 0.15) is 34.8 Å². The lowest BCUT2D eigenvalue weighted by Crippen LogP contribution is -2.51. The molecule has 37 heavy (non-hydrogen) atoms. The maximum atomic E-state index is 15.3. The highest BCUT2D eigenvalue weighted by atomic mass is 32.2. The van der Waals surface area contributed by atoms with Gasteiger partial charge in [-0.05, 0) is 33.3 Å². The van der Waals surface area contributed by atoms with E-state index in [1.165, 1.54) is 4.31 Å². The largest absolute Gasteiger partial charge is 0.488 e. The number of anilines is 1. The van der Waals surface area contributed by atoms with Gasteiger partial charge in [-0.25, -0.2) is 32.2 Å². The highest BCUT2D eigenvalue weighted by molar-refractivity contribution is 7.88. The molecule has 0 saturated carbocycles. The van der Waals surface area contributed by atoms with Crippen LogP contribution in [0.2, 0.25) is 0 Å². The van der Waals surface area contributed by atoms with Crippen molar-refractivity contribution < 1.29 is 32.1 Å². The van der Waals surface area contributed by atoms with Crippen LogP contribution < -0.4 is 10.1 Å². The quantitative estimate of drug-likeness (QED) is 0.443. The molecule has 3 aromatic rings. The maximum Gasteiger partial charge on any atom is 0.223 e. The second kappa shape index (κ2) is 8.82. The number of aromatic nitrogens is 4. The van der Waals surface area contributed by atoms with E-state index < -0.39 is 39.4 Å². The summed E-state index contributed by atoms with van der Waals surface area (Å²) < 4.78 is 62.7. The van der Waals surface area contributed by atoms with Gasteiger partial charge < -0.3 is 24.8 Å². The predicted octanol–water partition coefficient (Wildman–Crippen LogP) is 1.76. The average Bonchev–Trinajstić information content (AvgIpc) is 3.23. The Bertz CT molecular complexity index is 1490. The van der Waals surface area contributed by atoms with Crippen molar-refractivity contribution in [3.8, 4) is 17.0 Å². The Morgan fingerprint density at radius 2 is 1.97 bits per heavy atom. The molecule has 14 heteroatoms. The van der Waals surface area contributed by atoms with Gasteiger partial charge in [-0.1, -0.05) is 0 Å². The summed E-state index contributed by atoms with van der Waals surface area (Å²) in [7, 11) is -3.45. The summed E-state index contributed by atoms with van der Waals surface area (Å²) in [6, 6.07) is 0.246. The van der Waals surface area contributed by atoms with E-state index in [9.17, 15) is 18.6 Å². The molecule has 0 bridgehead atoms. The van der Waals surface area contributed by atoms with Gasteiger partial charge >= 0.3 is 0 Å². The topological polar surface area (TPSA) is 143 Å². The Labute approximate surface area is 212 Å². The summed E-state index contributed by atoms with van der Waals surface area (Å²) in [5, 5.41) is 24.1. The van der Waals surface area contributed by atoms with Crippen molar-refractivity contribution in [3.05, 3.63) is 29.7 Å². The third-order valence-corrected chi connectivity index (χ3v) is 7.92. The van der Waals surface area contributed by atoms with Crippen molar-refractivity contribution in [1.29, 1.82) is 0 Å². The Balaban J connectivity index is 1.55. The Morgan fingerprint density at radius 1 is 1.24 bits per heavy atom. The van der Waals surface area contributed by atoms with E-state index in [-0.39, 0.29) is 66.5 Å². The van der Waals surface area contributed by atoms with Crippen LogP contribution in [0.5, 0.6) is 5.75 Å². The lowest BCUT2D eigenvalue weighted by Gasteiger charge is -2.34. The molecule has 200 valence electrons. The minimum absolute atomic E-state index is 0.00371. The Kier molecular flexibility index (Phi) is 6.13. The minimum Gasteiger partial charge on any atom is -0.488 e. The average molecular weight is 539 g/mol. The number of ether oxygens (including phenoxy) is 1. The highest BCUT2D eigenvalue weighted by Crippen LogP contribution is 2.44. The number of aliphatic hydroxyl groups excluding tert-OH is 1. The Hall–Kier alpha value is -2.94. The first-order chi connectivity index (χ1) is 17.3. The standard InChI is InChI=1S/C23H28F2N6O5S/c1-11-10-36-20-12(7-13(24)18-19(20)31(11)21(28-18)23(2,3)33)17-14(25)8-26-22(29-17)27-15-5-6-30(9-16(15)32)37(4,34)35/h7-8,11,15-16,32-33H,5-6,9-10H2,1-4H3,(H,26,27,29)/t11-,15-,16-/m1/s1. The summed E-state index contributed by atoms with van der Waals surface area (Å²) in [5.41, 5.74) is -1.24. The fourth-order valence-corrected chi connectivity index (χ4v) is 5.69. The molecule has 0 radical (unpaired) electrons. The van der Waals surface area contributed by atoms with Crippen LogP contribution in [0.15, 0.2) is 12.3 Å². The van der Waals surface area contributed by atoms with Crippen LogP contribution in [-0.4, -0.2) is 80.6 Å². The molecule has 0 unspecified atom stereocenters. The zero-order valence-electron chi connectivity index (χ0n) is 20.7. The van der Waals surface area contributed by atoms with Gasteiger partial charge in [-0.15, -0.1) is 0 Å². The lowest BCUT2D eigenvalue weighted by molar-refractivity contribution is 0.0616. The number of benzene rings is 1. The van der Waals surface area contributed by atoms with Gasteiger partial charge in [-0.3, -0.25) is 0 Å². The molecule has 5 rings (SSSR count). The molecule has 0 spiro atoms. The number of hydrogen-bond donors (Lipinski definition) is 3. The van der Waals surface area contributed by atoms with Crippen LogP contribution >= 0.6 is 0 Å². The van der Waals surface area contributed by atoms with Crippen LogP contribution in [0.3, 0.4) is 0 Å². The van der Waals surface area contributed by atoms with E-state index in [1.54, 1.807) is 18.4 Å². The number of hydrogen-bond acceptors (Lipinski definition) is 9. The number of nitrogens with one attached hydrogen (secondary N) is 1. The van der Waals surface area contributed by atoms with Crippen molar-refractivity contribution in [2.24, 2.45) is 0 Å². The van der Waals surface area contributed by atoms with Crippen molar-refractivity contribution >= 4 is 27.0 Å². The minimum atomic E-state index is -3.45. The predicted molar refractivity (Wildman–Crippen MR) is 131 cm³/mol. The first kappa shape index (κ1) is 25.7. The molecular formula is C23H28F2N6O5S. The Morgan fingerprint density at radius 3 is 2.62 bits per heavy atom. The van der Waals surface area contributed by atoms with Crippen molar-refractivity contribution in [2.45, 2.75) is 51.0 Å². The van der Waals surface area contributed by atoms with E-state index in [4.69, 9.17) is 4.74 Å². The van der Waals surface area contributed by atoms with Crippen molar-refractivity contribution in [1.82, 2.24) is 23.8 Å². The van der Waals surface area contributed by atoms with E-state index in [0.717, 1.165) is 18.5 Å². The van der Waals surface area contributed by atoms with E-state index in [1.807, 2.05) is 6.92 Å². The number of imidazole rings is 1. The number of piperidine rings is 1. The molecule has 1 saturated heterocycles. The third-order valence-electron chi connectivity index (χ3n) is 6.65. The summed E-state index contributed by atoms with van der Waals surface area (Å²) >= 11 is 0. The number of halogens is 2. The van der Waals surface area contributed by atoms with Gasteiger partial charge in [-0.2, -0.15) is 4.31 Å². The van der Waals surface area contributed by atoms with E-state index >= 15 is 8.78 Å². The van der Waals surface area contributed by atoms with Crippen LogP contribution in [0.1, 0.15) is 39.1 Å². The van der Waals surface area contributed by atoms with Crippen molar-refractivity contribution in [2.75, 3.05) is 31.3 Å². The first-order valence-corrected chi connectivity index (χ1v) is 13.6. The first-order valence-electron chi connectivity index (χ1n) is 11.8. The second-order valence-electron chi connectivity index (χ2n) is 10.1. The third kappa shape index (κ3) is 4.51. The molecule has 3 N–H and O–H groups in total. The number of aliphatic hydroxyl groups is 2. The monoisotopic (exact) mass is 538 g/mol. The van der Waals surface area contributed by atoms with Crippen molar-refractivity contribution in [3.63, 3.8) is 0 Å². The summed E-state index contributed by atoms with van der Waals surface area (Å²) in [5.74, 6) is -1.12. The molecule has 11 nitrogen and oxygen atoms in total. The van der Waals surface area contributed by atoms with Crippen LogP contribution in [0, 0.1) is 11.6 Å². The fraction of sp³-hybridized carbons (Fsp3) is 0.522. The second-order valence-corrected chi connectivity index (χ2v) is 12.1. The number of sulfonamides is 1. The molecule has 2 aliphatic rings. The van der Waals surface area contributed by atoms with Gasteiger partial charge in [0.2, 0.25) is 16.0 Å². The van der Waals surface area contributed by atoms with Gasteiger partial charge in [0.15, 0.2) is 17.4 Å². The number of rotatable bonds is 5. The molecule has 1 fully saturated rings. The molecule has 4 heterocycles. The molecule has 0 amide bonds. The fourth-order valence-electron chi connectivity index (χ4n) is 4.83. The van der Waals surface area contributed by atoms with E-state index in [0.29, 0.717) is 5.52 Å². The molecule has 0 aliphatic carbocycles. The van der Waals surface area contributed by atoms with Gasteiger partial charge in [0, 0.05) is 13.1 Å². The molecule has 2 aromatic heterocycles. The number of nitrogens with zero attached hydrogens (tertiary/aromatic N) is 5. The zero-order chi connectivity index (χ0) is 26.9. The maximum absolute atomic E-state index is 15.3. The normalized spacial score (nSPS) is 22.8. The molecule has 1 aromatic carbocycles. The molecule has 3 atom stereocenters. The molecule has 2 aliphatic heterocycles. The van der Waals surface area contributed by atoms with Crippen LogP contribution in [0.25, 0.3) is 22.3 Å². The lowest BCUT2D eigenvalue weighted by atomic mass is 10.0.